The van der Waals surface area contributed by atoms with Crippen LogP contribution in [0.1, 0.15) is 77.0 Å². The van der Waals surface area contributed by atoms with E-state index in [-0.39, 0.29) is 11.3 Å². The lowest BCUT2D eigenvalue weighted by Crippen LogP contribution is -2.41. The molecule has 5 nitrogen and oxygen atoms in total. The van der Waals surface area contributed by atoms with Crippen LogP contribution in [0, 0.1) is 0 Å². The number of nitrogens with zero attached hydrogens (tertiary/aromatic N) is 3. The minimum atomic E-state index is -0.394. The lowest BCUT2D eigenvalue weighted by molar-refractivity contribution is -0.113. The molecule has 0 radical (unpaired) electrons. The van der Waals surface area contributed by atoms with E-state index in [4.69, 9.17) is 9.98 Å². The molecule has 1 fully saturated rings. The van der Waals surface area contributed by atoms with Crippen LogP contribution in [0.25, 0.3) is 0 Å². The lowest BCUT2D eigenvalue weighted by Gasteiger charge is -2.34. The van der Waals surface area contributed by atoms with Crippen molar-refractivity contribution in [1.82, 2.24) is 4.90 Å². The van der Waals surface area contributed by atoms with Crippen LogP contribution in [0.4, 0.5) is 5.69 Å². The van der Waals surface area contributed by atoms with Gasteiger partial charge in [0.2, 0.25) is 5.91 Å². The van der Waals surface area contributed by atoms with Crippen LogP contribution in [0.3, 0.4) is 0 Å². The molecule has 2 aliphatic heterocycles. The average Bonchev–Trinajstić information content (AvgIpc) is 3.21. The third-order valence-electron chi connectivity index (χ3n) is 7.16. The molecule has 0 aliphatic carbocycles. The number of nitrogens with one attached hydrogen (secondary N) is 1. The number of hydrogen-bond donors (Lipinski definition) is 1. The molecule has 2 heterocycles. The van der Waals surface area contributed by atoms with Gasteiger partial charge in [-0.05, 0) is 41.1 Å². The van der Waals surface area contributed by atoms with E-state index >= 15 is 0 Å². The van der Waals surface area contributed by atoms with Crippen molar-refractivity contribution in [1.29, 1.82) is 0 Å². The molecule has 2 aromatic carbocycles. The lowest BCUT2D eigenvalue weighted by atomic mass is 9.86. The zero-order valence-corrected chi connectivity index (χ0v) is 23.4. The van der Waals surface area contributed by atoms with E-state index < -0.39 is 5.66 Å². The fourth-order valence-corrected chi connectivity index (χ4v) is 5.55. The Morgan fingerprint density at radius 1 is 1.03 bits per heavy atom. The summed E-state index contributed by atoms with van der Waals surface area (Å²) < 4.78 is 0. The van der Waals surface area contributed by atoms with Crippen LogP contribution in [0.15, 0.2) is 58.5 Å². The van der Waals surface area contributed by atoms with Crippen molar-refractivity contribution in [2.45, 2.75) is 71.4 Å². The summed E-state index contributed by atoms with van der Waals surface area (Å²) in [6, 6.07) is 16.8. The van der Waals surface area contributed by atoms with Crippen molar-refractivity contribution in [2.24, 2.45) is 9.98 Å². The van der Waals surface area contributed by atoms with Gasteiger partial charge in [0.25, 0.3) is 0 Å². The van der Waals surface area contributed by atoms with E-state index in [0.717, 1.165) is 54.5 Å². The molecule has 1 spiro atoms. The van der Waals surface area contributed by atoms with Gasteiger partial charge in [0.1, 0.15) is 5.04 Å². The summed E-state index contributed by atoms with van der Waals surface area (Å²) in [5.74, 6) is 0.752. The highest BCUT2D eigenvalue weighted by Crippen LogP contribution is 2.36. The Morgan fingerprint density at radius 2 is 1.67 bits per heavy atom. The van der Waals surface area contributed by atoms with Gasteiger partial charge in [-0.1, -0.05) is 89.7 Å². The summed E-state index contributed by atoms with van der Waals surface area (Å²) >= 11 is 1.50. The standard InChI is InChI=1S/C30H40N4OS/c1-7-34-18-16-30(17-19-34)32-27(23-8-12-24(13-9-23)29(4,5)6)28(33-30)36-20-26(35)31-25-14-10-22(11-15-25)21(2)3/h8-15,21H,7,16-20H2,1-6H3,(H,31,35). The maximum Gasteiger partial charge on any atom is 0.234 e. The first-order valence-electron chi connectivity index (χ1n) is 13.1. The van der Waals surface area contributed by atoms with Gasteiger partial charge in [-0.15, -0.1) is 0 Å². The largest absolute Gasteiger partial charge is 0.325 e. The minimum Gasteiger partial charge on any atom is -0.325 e. The molecule has 0 saturated carbocycles. The van der Waals surface area contributed by atoms with Crippen LogP contribution >= 0.6 is 11.8 Å². The number of amides is 1. The second-order valence-electron chi connectivity index (χ2n) is 11.2. The Kier molecular flexibility index (Phi) is 8.06. The molecule has 36 heavy (non-hydrogen) atoms. The summed E-state index contributed by atoms with van der Waals surface area (Å²) in [5, 5.41) is 3.92. The Morgan fingerprint density at radius 3 is 2.22 bits per heavy atom. The van der Waals surface area contributed by atoms with Crippen molar-refractivity contribution in [3.8, 4) is 0 Å². The first kappa shape index (κ1) is 26.6. The van der Waals surface area contributed by atoms with Crippen molar-refractivity contribution in [3.05, 3.63) is 65.2 Å². The monoisotopic (exact) mass is 504 g/mol. The predicted octanol–water partition coefficient (Wildman–Crippen LogP) is 6.49. The van der Waals surface area contributed by atoms with Crippen LogP contribution in [0.2, 0.25) is 0 Å². The number of likely N-dealkylation sites (tertiary alicyclic amines) is 1. The summed E-state index contributed by atoms with van der Waals surface area (Å²) in [6.07, 6.45) is 1.84. The number of carbonyl (C=O) groups is 1. The minimum absolute atomic E-state index is 0.0239. The van der Waals surface area contributed by atoms with Gasteiger partial charge in [-0.3, -0.25) is 9.79 Å². The normalized spacial score (nSPS) is 17.9. The Balaban J connectivity index is 1.50. The molecule has 0 bridgehead atoms. The van der Waals surface area contributed by atoms with Crippen molar-refractivity contribution < 1.29 is 4.79 Å². The Labute approximate surface area is 220 Å². The number of thioether (sulfide) groups is 1. The highest BCUT2D eigenvalue weighted by atomic mass is 32.2. The molecule has 0 atom stereocenters. The molecule has 4 rings (SSSR count). The van der Waals surface area contributed by atoms with Crippen molar-refractivity contribution in [2.75, 3.05) is 30.7 Å². The molecule has 0 aromatic heterocycles. The molecule has 2 aromatic rings. The molecule has 0 unspecified atom stereocenters. The fraction of sp³-hybridized carbons (Fsp3) is 0.500. The Bertz CT molecular complexity index is 1120. The van der Waals surface area contributed by atoms with Gasteiger partial charge < -0.3 is 10.2 Å². The molecule has 1 amide bonds. The smallest absolute Gasteiger partial charge is 0.234 e. The van der Waals surface area contributed by atoms with Gasteiger partial charge in [0.15, 0.2) is 5.66 Å². The van der Waals surface area contributed by atoms with E-state index in [9.17, 15) is 4.79 Å². The zero-order chi connectivity index (χ0) is 25.9. The number of anilines is 1. The number of aliphatic imine (C=N–C) groups is 2. The van der Waals surface area contributed by atoms with E-state index in [1.807, 2.05) is 12.1 Å². The molecular weight excluding hydrogens is 464 g/mol. The van der Waals surface area contributed by atoms with Gasteiger partial charge in [-0.2, -0.15) is 0 Å². The summed E-state index contributed by atoms with van der Waals surface area (Å²) in [5.41, 5.74) is 5.10. The first-order chi connectivity index (χ1) is 17.1. The fourth-order valence-electron chi connectivity index (χ4n) is 4.67. The number of hydrogen-bond acceptors (Lipinski definition) is 5. The van der Waals surface area contributed by atoms with Gasteiger partial charge in [0, 0.05) is 37.2 Å². The summed E-state index contributed by atoms with van der Waals surface area (Å²) in [4.78, 5) is 25.6. The van der Waals surface area contributed by atoms with Gasteiger partial charge >= 0.3 is 0 Å². The van der Waals surface area contributed by atoms with E-state index in [0.29, 0.717) is 11.7 Å². The molecule has 1 saturated heterocycles. The first-order valence-corrected chi connectivity index (χ1v) is 14.1. The maximum atomic E-state index is 12.8. The number of piperidine rings is 1. The molecule has 192 valence electrons. The van der Waals surface area contributed by atoms with Crippen molar-refractivity contribution >= 4 is 34.1 Å². The predicted molar refractivity (Wildman–Crippen MR) is 155 cm³/mol. The highest BCUT2D eigenvalue weighted by molar-refractivity contribution is 8.16. The van der Waals surface area contributed by atoms with Crippen LogP contribution in [-0.2, 0) is 10.2 Å². The number of benzene rings is 2. The van der Waals surface area contributed by atoms with Crippen LogP contribution < -0.4 is 5.32 Å². The number of rotatable bonds is 6. The summed E-state index contributed by atoms with van der Waals surface area (Å²) in [7, 11) is 0. The SMILES string of the molecule is CCN1CCC2(CC1)N=C(SCC(=O)Nc1ccc(C(C)C)cc1)C(c1ccc(C(C)(C)C)cc1)=N2. The third kappa shape index (κ3) is 6.27. The summed E-state index contributed by atoms with van der Waals surface area (Å²) in [6.45, 7) is 16.3. The van der Waals surface area contributed by atoms with E-state index in [1.54, 1.807) is 0 Å². The quantitative estimate of drug-likeness (QED) is 0.489. The average molecular weight is 505 g/mol. The second kappa shape index (κ2) is 10.9. The molecule has 6 heteroatoms. The topological polar surface area (TPSA) is 57.1 Å². The van der Waals surface area contributed by atoms with Crippen molar-refractivity contribution in [3.63, 3.8) is 0 Å². The molecule has 2 aliphatic rings. The van der Waals surface area contributed by atoms with Gasteiger partial charge in [-0.25, -0.2) is 4.99 Å². The molecule has 1 N–H and O–H groups in total. The van der Waals surface area contributed by atoms with Gasteiger partial charge in [0.05, 0.1) is 11.5 Å². The third-order valence-corrected chi connectivity index (χ3v) is 8.13. The van der Waals surface area contributed by atoms with E-state index in [2.05, 4.69) is 88.2 Å². The van der Waals surface area contributed by atoms with Crippen LogP contribution in [0.5, 0.6) is 0 Å². The number of carbonyl (C=O) groups excluding carboxylic acids is 1. The maximum absolute atomic E-state index is 12.8. The van der Waals surface area contributed by atoms with Crippen LogP contribution in [-0.4, -0.2) is 52.6 Å². The molecular formula is C30H40N4OS. The zero-order valence-electron chi connectivity index (χ0n) is 22.6. The Hall–Kier alpha value is -2.44. The second-order valence-corrected chi connectivity index (χ2v) is 12.2. The highest BCUT2D eigenvalue weighted by Gasteiger charge is 2.39. The van der Waals surface area contributed by atoms with E-state index in [1.165, 1.54) is 22.9 Å².